The normalized spacial score (nSPS) is 18.9. The first-order valence-electron chi connectivity index (χ1n) is 9.95. The van der Waals surface area contributed by atoms with Crippen molar-refractivity contribution in [1.82, 2.24) is 15.4 Å². The van der Waals surface area contributed by atoms with Gasteiger partial charge in [-0.05, 0) is 30.5 Å². The predicted octanol–water partition coefficient (Wildman–Crippen LogP) is 3.65. The van der Waals surface area contributed by atoms with Crippen molar-refractivity contribution in [2.24, 2.45) is 0 Å². The number of aromatic nitrogens is 1. The summed E-state index contributed by atoms with van der Waals surface area (Å²) in [7, 11) is 0. The van der Waals surface area contributed by atoms with Crippen molar-refractivity contribution in [1.29, 1.82) is 0 Å². The van der Waals surface area contributed by atoms with Gasteiger partial charge in [0, 0.05) is 24.1 Å². The van der Waals surface area contributed by atoms with E-state index in [2.05, 4.69) is 46.9 Å². The average Bonchev–Trinajstić information content (AvgIpc) is 3.44. The molecule has 28 heavy (non-hydrogen) atoms. The first-order valence-corrected chi connectivity index (χ1v) is 9.95. The third-order valence-corrected chi connectivity index (χ3v) is 5.76. The van der Waals surface area contributed by atoms with Gasteiger partial charge in [0.2, 0.25) is 5.91 Å². The second-order valence-corrected chi connectivity index (χ2v) is 7.54. The molecule has 0 bridgehead atoms. The number of benzene rings is 2. The highest BCUT2D eigenvalue weighted by atomic mass is 16.5. The number of hydrogen-bond acceptors (Lipinski definition) is 4. The molecule has 2 aromatic carbocycles. The highest BCUT2D eigenvalue weighted by Crippen LogP contribution is 2.32. The summed E-state index contributed by atoms with van der Waals surface area (Å²) in [5, 5.41) is 7.64. The molecule has 1 saturated heterocycles. The lowest BCUT2D eigenvalue weighted by atomic mass is 9.98. The van der Waals surface area contributed by atoms with Crippen LogP contribution < -0.4 is 5.32 Å². The number of carbonyl (C=O) groups excluding carboxylic acids is 1. The molecule has 2 aliphatic heterocycles. The van der Waals surface area contributed by atoms with Gasteiger partial charge in [-0.1, -0.05) is 59.8 Å². The van der Waals surface area contributed by atoms with Crippen molar-refractivity contribution in [2.75, 3.05) is 13.1 Å². The first kappa shape index (κ1) is 17.2. The Hall–Kier alpha value is -2.92. The SMILES string of the molecule is O=C([C@@H]1CCCN1)N1CCc2onc(-c3ccc(-c4ccccc4)cc3)c2C1. The summed E-state index contributed by atoms with van der Waals surface area (Å²) in [6.45, 7) is 2.21. The number of hydrogen-bond donors (Lipinski definition) is 1. The Kier molecular flexibility index (Phi) is 4.45. The second-order valence-electron chi connectivity index (χ2n) is 7.54. The van der Waals surface area contributed by atoms with E-state index in [0.717, 1.165) is 48.4 Å². The van der Waals surface area contributed by atoms with Crippen molar-refractivity contribution in [3.63, 3.8) is 0 Å². The monoisotopic (exact) mass is 373 g/mol. The summed E-state index contributed by atoms with van der Waals surface area (Å²) in [4.78, 5) is 14.7. The minimum absolute atomic E-state index is 0.0324. The number of rotatable bonds is 3. The summed E-state index contributed by atoms with van der Waals surface area (Å²) >= 11 is 0. The van der Waals surface area contributed by atoms with Crippen LogP contribution in [0.25, 0.3) is 22.4 Å². The zero-order chi connectivity index (χ0) is 18.9. The fraction of sp³-hybridized carbons (Fsp3) is 0.304. The Bertz CT molecular complexity index is 973. The van der Waals surface area contributed by atoms with Gasteiger partial charge in [-0.2, -0.15) is 0 Å². The largest absolute Gasteiger partial charge is 0.360 e. The summed E-state index contributed by atoms with van der Waals surface area (Å²) in [6, 6.07) is 18.7. The van der Waals surface area contributed by atoms with Crippen LogP contribution in [0.4, 0.5) is 0 Å². The summed E-state index contributed by atoms with van der Waals surface area (Å²) < 4.78 is 5.61. The molecule has 5 rings (SSSR count). The maximum atomic E-state index is 12.8. The van der Waals surface area contributed by atoms with Gasteiger partial charge in [0.15, 0.2) is 0 Å². The Morgan fingerprint density at radius 2 is 1.79 bits per heavy atom. The molecule has 0 saturated carbocycles. The maximum Gasteiger partial charge on any atom is 0.240 e. The average molecular weight is 373 g/mol. The lowest BCUT2D eigenvalue weighted by molar-refractivity contribution is -0.134. The van der Waals surface area contributed by atoms with Gasteiger partial charge in [-0.15, -0.1) is 0 Å². The predicted molar refractivity (Wildman–Crippen MR) is 108 cm³/mol. The smallest absolute Gasteiger partial charge is 0.240 e. The molecule has 1 N–H and O–H groups in total. The zero-order valence-electron chi connectivity index (χ0n) is 15.7. The summed E-state index contributed by atoms with van der Waals surface area (Å²) in [5.41, 5.74) is 5.29. The van der Waals surface area contributed by atoms with Crippen LogP contribution in [0, 0.1) is 0 Å². The van der Waals surface area contributed by atoms with E-state index in [-0.39, 0.29) is 11.9 Å². The van der Waals surface area contributed by atoms with E-state index in [4.69, 9.17) is 4.52 Å². The zero-order valence-corrected chi connectivity index (χ0v) is 15.7. The molecule has 1 aromatic heterocycles. The molecule has 5 nitrogen and oxygen atoms in total. The van der Waals surface area contributed by atoms with Crippen LogP contribution in [-0.4, -0.2) is 35.1 Å². The number of amides is 1. The van der Waals surface area contributed by atoms with Crippen LogP contribution in [0.15, 0.2) is 59.1 Å². The van der Waals surface area contributed by atoms with Gasteiger partial charge in [0.1, 0.15) is 11.5 Å². The first-order chi connectivity index (χ1) is 13.8. The minimum atomic E-state index is -0.0324. The minimum Gasteiger partial charge on any atom is -0.360 e. The van der Waals surface area contributed by atoms with Crippen molar-refractivity contribution in [2.45, 2.75) is 31.8 Å². The van der Waals surface area contributed by atoms with Gasteiger partial charge in [-0.3, -0.25) is 4.79 Å². The van der Waals surface area contributed by atoms with E-state index in [1.54, 1.807) is 0 Å². The van der Waals surface area contributed by atoms with Crippen LogP contribution in [0.2, 0.25) is 0 Å². The Morgan fingerprint density at radius 3 is 2.54 bits per heavy atom. The topological polar surface area (TPSA) is 58.4 Å². The molecular weight excluding hydrogens is 350 g/mol. The molecule has 3 heterocycles. The maximum absolute atomic E-state index is 12.8. The highest BCUT2D eigenvalue weighted by Gasteiger charge is 2.32. The molecule has 2 aliphatic rings. The molecule has 1 amide bonds. The van der Waals surface area contributed by atoms with Crippen molar-refractivity contribution < 1.29 is 9.32 Å². The molecule has 5 heteroatoms. The van der Waals surface area contributed by atoms with Crippen molar-refractivity contribution in [3.05, 3.63) is 65.9 Å². The van der Waals surface area contributed by atoms with Crippen molar-refractivity contribution in [3.8, 4) is 22.4 Å². The van der Waals surface area contributed by atoms with E-state index < -0.39 is 0 Å². The Balaban J connectivity index is 1.39. The van der Waals surface area contributed by atoms with E-state index >= 15 is 0 Å². The van der Waals surface area contributed by atoms with Gasteiger partial charge < -0.3 is 14.7 Å². The van der Waals surface area contributed by atoms with Gasteiger partial charge in [0.05, 0.1) is 12.6 Å². The molecule has 1 fully saturated rings. The van der Waals surface area contributed by atoms with Crippen LogP contribution >= 0.6 is 0 Å². The lowest BCUT2D eigenvalue weighted by Crippen LogP contribution is -2.45. The second kappa shape index (κ2) is 7.24. The van der Waals surface area contributed by atoms with E-state index in [9.17, 15) is 4.79 Å². The molecule has 0 aliphatic carbocycles. The van der Waals surface area contributed by atoms with E-state index in [1.807, 2.05) is 23.1 Å². The fourth-order valence-corrected chi connectivity index (χ4v) is 4.19. The highest BCUT2D eigenvalue weighted by molar-refractivity contribution is 5.83. The van der Waals surface area contributed by atoms with Crippen LogP contribution in [-0.2, 0) is 17.8 Å². The molecule has 1 atom stereocenters. The molecular formula is C23H23N3O2. The van der Waals surface area contributed by atoms with Crippen LogP contribution in [0.1, 0.15) is 24.2 Å². The third kappa shape index (κ3) is 3.12. The molecule has 142 valence electrons. The van der Waals surface area contributed by atoms with E-state index in [1.165, 1.54) is 11.1 Å². The number of carbonyl (C=O) groups is 1. The third-order valence-electron chi connectivity index (χ3n) is 5.76. The number of fused-ring (bicyclic) bond motifs is 1. The number of nitrogens with one attached hydrogen (secondary N) is 1. The Morgan fingerprint density at radius 1 is 1.04 bits per heavy atom. The van der Waals surface area contributed by atoms with Gasteiger partial charge in [0.25, 0.3) is 0 Å². The van der Waals surface area contributed by atoms with E-state index in [0.29, 0.717) is 13.1 Å². The van der Waals surface area contributed by atoms with Crippen molar-refractivity contribution >= 4 is 5.91 Å². The molecule has 0 spiro atoms. The van der Waals surface area contributed by atoms with Gasteiger partial charge in [-0.25, -0.2) is 0 Å². The molecule has 3 aromatic rings. The fourth-order valence-electron chi connectivity index (χ4n) is 4.19. The molecule has 0 radical (unpaired) electrons. The standard InChI is InChI=1S/C23H23N3O2/c27-23(20-7-4-13-24-20)26-14-12-21-19(15-26)22(25-28-21)18-10-8-17(9-11-18)16-5-2-1-3-6-16/h1-3,5-6,8-11,20,24H,4,7,12-15H2/t20-/m0/s1. The van der Waals surface area contributed by atoms with Crippen LogP contribution in [0.3, 0.4) is 0 Å². The summed E-state index contributed by atoms with van der Waals surface area (Å²) in [6.07, 6.45) is 2.73. The lowest BCUT2D eigenvalue weighted by Gasteiger charge is -2.28. The quantitative estimate of drug-likeness (QED) is 0.761. The number of nitrogens with zero attached hydrogens (tertiary/aromatic N) is 2. The Labute approximate surface area is 164 Å². The molecule has 0 unspecified atom stereocenters. The summed E-state index contributed by atoms with van der Waals surface area (Å²) in [5.74, 6) is 1.11. The van der Waals surface area contributed by atoms with Crippen LogP contribution in [0.5, 0.6) is 0 Å². The van der Waals surface area contributed by atoms with Gasteiger partial charge >= 0.3 is 0 Å².